The maximum absolute atomic E-state index is 12.2. The Balaban J connectivity index is 0.000000595. The van der Waals surface area contributed by atoms with Crippen LogP contribution in [0.25, 0.3) is 0 Å². The van der Waals surface area contributed by atoms with E-state index in [1.54, 1.807) is 27.7 Å². The summed E-state index contributed by atoms with van der Waals surface area (Å²) in [5.74, 6) is -13.4. The average Bonchev–Trinajstić information content (AvgIpc) is 3.34. The number of aliphatic hydroxyl groups is 11. The Kier molecular flexibility index (Phi) is 31.7. The van der Waals surface area contributed by atoms with E-state index < -0.39 is 167 Å². The largest absolute Gasteiger partial charge is 0.477 e. The summed E-state index contributed by atoms with van der Waals surface area (Å²) in [6.07, 6.45) is -16.7. The highest BCUT2D eigenvalue weighted by Crippen LogP contribution is 2.45. The number of Topliss-reactive ketones (excluding diaryl/α,β-unsaturated/α-hetero) is 1. The van der Waals surface area contributed by atoms with Gasteiger partial charge in [-0.2, -0.15) is 0 Å². The number of ketones is 1. The molecule has 4 rings (SSSR count). The van der Waals surface area contributed by atoms with Crippen LogP contribution < -0.4 is 0 Å². The minimum absolute atomic E-state index is 0.0367. The van der Waals surface area contributed by atoms with Crippen LogP contribution in [0.15, 0.2) is 0 Å². The minimum atomic E-state index is -4.79. The Labute approximate surface area is 458 Å². The molecule has 4 fully saturated rings. The van der Waals surface area contributed by atoms with Crippen LogP contribution in [0.5, 0.6) is 0 Å². The fourth-order valence-corrected chi connectivity index (χ4v) is 8.74. The lowest BCUT2D eigenvalue weighted by Crippen LogP contribution is -2.61. The van der Waals surface area contributed by atoms with Crippen molar-refractivity contribution in [2.24, 2.45) is 17.8 Å². The number of rotatable bonds is 25. The number of hydrogen-bond acceptors (Lipinski definition) is 25. The summed E-state index contributed by atoms with van der Waals surface area (Å²) in [6, 6.07) is 0. The van der Waals surface area contributed by atoms with Gasteiger partial charge in [0.25, 0.3) is 17.4 Å². The Bertz CT molecular complexity index is 1870. The molecule has 0 amide bonds. The Morgan fingerprint density at radius 3 is 1.09 bits per heavy atom. The molecule has 0 aliphatic carbocycles. The first kappa shape index (κ1) is 74.4. The van der Waals surface area contributed by atoms with E-state index in [1.165, 1.54) is 6.92 Å². The lowest BCUT2D eigenvalue weighted by Gasteiger charge is -2.47. The lowest BCUT2D eigenvalue weighted by atomic mass is 9.92. The number of aliphatic hydroxyl groups excluding tert-OH is 11. The standard InChI is InChI=1S/C20H34O13.C13H25O9P.C12H22O7.C3H8O/c1-10(2)9-30-19(17(26)27)6-12(4-16(32-19)14(25)8-22)31-20(18(28)29)5-11(23)3-15(33-20)13(24)7-21;1-8(2)7-20-13(9(3)15)5-10(22-23(17,18)19)4-12(21-13)11(16)6-14;1-7(2)6-18-12(11(16)17)4-8(14)3-10(19-12)9(15)5-13;1-3(2)4/h10-16,21-25H,3-9H2,1-2H3,(H,26,27)(H,28,29);8,10-12,14,16H,4-7H2,1-3H3,(H2,17,18,19);7-10,13-15H,3-6H2,1-2H3,(H,16,17);3-4H,1-2H3/t11-,12-,13+,14+,15?,16?,19+,20+;10-,11+,12?,13+;8-,9+,10?,12+;/m000./s1. The maximum Gasteiger partial charge on any atom is 0.469 e. The number of carboxylic acids is 3. The van der Waals surface area contributed by atoms with E-state index in [9.17, 15) is 79.9 Å². The van der Waals surface area contributed by atoms with Crippen molar-refractivity contribution in [2.75, 3.05) is 46.2 Å². The van der Waals surface area contributed by atoms with Crippen molar-refractivity contribution in [1.82, 2.24) is 0 Å². The van der Waals surface area contributed by atoms with Crippen molar-refractivity contribution in [2.45, 2.75) is 216 Å². The number of ether oxygens (including phenoxy) is 8. The third-order valence-electron chi connectivity index (χ3n) is 11.9. The molecule has 16 N–H and O–H groups in total. The summed E-state index contributed by atoms with van der Waals surface area (Å²) in [5, 5.41) is 133. The van der Waals surface area contributed by atoms with E-state index in [2.05, 4.69) is 4.52 Å². The first-order chi connectivity index (χ1) is 36.4. The third kappa shape index (κ3) is 24.3. The zero-order valence-corrected chi connectivity index (χ0v) is 47.1. The second-order valence-corrected chi connectivity index (χ2v) is 22.5. The van der Waals surface area contributed by atoms with Gasteiger partial charge in [-0.15, -0.1) is 0 Å². The SMILES string of the molecule is CC(=O)[C@@]1(OCC(C)C)C[C@@H](OP(=O)(O)O)CC([C@H](O)CO)O1.CC(C)CO[C@]1(C(=O)O)C[C@@H](O)CC([C@H](O)CO)O1.CC(C)CO[C@]1(C(=O)O)C[C@@H](O[C@]2(C(=O)O)C[C@@H](O)CC([C@H](O)CO)O2)CC([C@H](O)CO)O1.CC(C)O. The monoisotopic (exact) mass is 1180 g/mol. The normalized spacial score (nSPS) is 32.8. The summed E-state index contributed by atoms with van der Waals surface area (Å²) < 4.78 is 59.8. The number of aliphatic carboxylic acids is 3. The van der Waals surface area contributed by atoms with Crippen molar-refractivity contribution in [3.8, 4) is 0 Å². The van der Waals surface area contributed by atoms with Crippen LogP contribution in [-0.2, 0) is 66.2 Å². The Hall–Kier alpha value is -2.57. The molecular formula is C48H89O30P. The van der Waals surface area contributed by atoms with Gasteiger partial charge in [0.15, 0.2) is 5.78 Å². The van der Waals surface area contributed by atoms with Crippen molar-refractivity contribution >= 4 is 31.5 Å². The third-order valence-corrected chi connectivity index (χ3v) is 12.5. The predicted octanol–water partition coefficient (Wildman–Crippen LogP) is -2.29. The molecule has 0 radical (unpaired) electrons. The van der Waals surface area contributed by atoms with Gasteiger partial charge >= 0.3 is 25.7 Å². The number of carbonyl (C=O) groups excluding carboxylic acids is 1. The molecule has 0 spiro atoms. The highest BCUT2D eigenvalue weighted by Gasteiger charge is 2.57. The van der Waals surface area contributed by atoms with Gasteiger partial charge in [-0.25, -0.2) is 18.9 Å². The van der Waals surface area contributed by atoms with Gasteiger partial charge < -0.3 is 119 Å². The summed E-state index contributed by atoms with van der Waals surface area (Å²) in [5.41, 5.74) is 0. The molecular weight excluding hydrogens is 1090 g/mol. The van der Waals surface area contributed by atoms with E-state index in [0.29, 0.717) is 0 Å². The maximum atomic E-state index is 12.2. The zero-order valence-electron chi connectivity index (χ0n) is 46.2. The lowest BCUT2D eigenvalue weighted by molar-refractivity contribution is -0.349. The molecule has 0 saturated carbocycles. The van der Waals surface area contributed by atoms with Gasteiger partial charge in [0.1, 0.15) is 24.4 Å². The number of phosphoric acid groups is 1. The molecule has 4 aliphatic heterocycles. The quantitative estimate of drug-likeness (QED) is 0.0428. The molecule has 466 valence electrons. The van der Waals surface area contributed by atoms with Crippen LogP contribution in [0.4, 0.5) is 0 Å². The molecule has 0 bridgehead atoms. The number of hydrogen-bond donors (Lipinski definition) is 16. The second kappa shape index (κ2) is 33.7. The fourth-order valence-electron chi connectivity index (χ4n) is 8.19. The Morgan fingerprint density at radius 2 is 0.772 bits per heavy atom. The average molecular weight is 1180 g/mol. The summed E-state index contributed by atoms with van der Waals surface area (Å²) in [4.78, 5) is 65.7. The molecule has 4 aliphatic rings. The Morgan fingerprint density at radius 1 is 0.494 bits per heavy atom. The van der Waals surface area contributed by atoms with Crippen molar-refractivity contribution in [3.05, 3.63) is 0 Å². The van der Waals surface area contributed by atoms with E-state index >= 15 is 0 Å². The number of carbonyl (C=O) groups is 4. The van der Waals surface area contributed by atoms with Gasteiger partial charge in [0, 0.05) is 64.4 Å². The molecule has 0 aromatic carbocycles. The van der Waals surface area contributed by atoms with Crippen LogP contribution in [0, 0.1) is 17.8 Å². The second-order valence-electron chi connectivity index (χ2n) is 21.3. The van der Waals surface area contributed by atoms with Crippen LogP contribution in [-0.4, -0.2) is 254 Å². The van der Waals surface area contributed by atoms with E-state index in [1.807, 2.05) is 27.7 Å². The smallest absolute Gasteiger partial charge is 0.469 e. The number of carboxylic acid groups (broad SMARTS) is 3. The van der Waals surface area contributed by atoms with E-state index in [4.69, 9.17) is 63.0 Å². The van der Waals surface area contributed by atoms with Gasteiger partial charge in [0.2, 0.25) is 5.79 Å². The molecule has 4 saturated heterocycles. The van der Waals surface area contributed by atoms with Gasteiger partial charge in [-0.1, -0.05) is 41.5 Å². The summed E-state index contributed by atoms with van der Waals surface area (Å²) >= 11 is 0. The van der Waals surface area contributed by atoms with Crippen molar-refractivity contribution in [1.29, 1.82) is 0 Å². The highest BCUT2D eigenvalue weighted by molar-refractivity contribution is 7.46. The minimum Gasteiger partial charge on any atom is -0.477 e. The topological polar surface area (TPSA) is 492 Å². The van der Waals surface area contributed by atoms with Crippen molar-refractivity contribution < 1.29 is 147 Å². The molecule has 30 nitrogen and oxygen atoms in total. The molecule has 16 atom stereocenters. The first-order valence-electron chi connectivity index (χ1n) is 25.9. The van der Waals surface area contributed by atoms with Gasteiger partial charge in [-0.05, 0) is 31.6 Å². The number of phosphoric ester groups is 1. The molecule has 0 aromatic rings. The van der Waals surface area contributed by atoms with Crippen molar-refractivity contribution in [3.63, 3.8) is 0 Å². The first-order valence-corrected chi connectivity index (χ1v) is 27.4. The fraction of sp³-hybridized carbons (Fsp3) is 0.917. The summed E-state index contributed by atoms with van der Waals surface area (Å²) in [6.45, 7) is 13.2. The van der Waals surface area contributed by atoms with Crippen LogP contribution in [0.3, 0.4) is 0 Å². The zero-order chi connectivity index (χ0) is 61.0. The van der Waals surface area contributed by atoms with Crippen LogP contribution in [0.1, 0.15) is 114 Å². The predicted molar refractivity (Wildman–Crippen MR) is 267 cm³/mol. The molecule has 0 aromatic heterocycles. The van der Waals surface area contributed by atoms with E-state index in [0.717, 1.165) is 0 Å². The molecule has 4 unspecified atom stereocenters. The van der Waals surface area contributed by atoms with Gasteiger partial charge in [-0.3, -0.25) is 9.32 Å². The molecule has 79 heavy (non-hydrogen) atoms. The van der Waals surface area contributed by atoms with Gasteiger partial charge in [0.05, 0.1) is 95.1 Å². The molecule has 31 heteroatoms. The van der Waals surface area contributed by atoms with Crippen LogP contribution >= 0.6 is 7.82 Å². The molecule has 4 heterocycles. The summed E-state index contributed by atoms with van der Waals surface area (Å²) in [7, 11) is -4.79. The highest BCUT2D eigenvalue weighted by atomic mass is 31.2. The van der Waals surface area contributed by atoms with Crippen LogP contribution in [0.2, 0.25) is 0 Å². The van der Waals surface area contributed by atoms with E-state index in [-0.39, 0.29) is 82.2 Å².